The molecule has 1 aromatic rings. The standard InChI is InChI=1S/C10H9ClN2O2/c11-4-9(14)6-1-2-8-7(3-6)5-12-10(15)13-8/h1-3H,4-5H2,(H2,12,13,15). The summed E-state index contributed by atoms with van der Waals surface area (Å²) in [6.45, 7) is 0.435. The highest BCUT2D eigenvalue weighted by Crippen LogP contribution is 2.20. The van der Waals surface area contributed by atoms with Crippen LogP contribution in [0.3, 0.4) is 0 Å². The highest BCUT2D eigenvalue weighted by molar-refractivity contribution is 6.30. The van der Waals surface area contributed by atoms with Gasteiger partial charge in [-0.05, 0) is 23.8 Å². The number of alkyl halides is 1. The maximum absolute atomic E-state index is 11.3. The molecule has 0 radical (unpaired) electrons. The summed E-state index contributed by atoms with van der Waals surface area (Å²) in [5.41, 5.74) is 2.21. The lowest BCUT2D eigenvalue weighted by molar-refractivity contribution is 0.102. The van der Waals surface area contributed by atoms with Gasteiger partial charge in [0.05, 0.1) is 5.88 Å². The maximum Gasteiger partial charge on any atom is 0.319 e. The van der Waals surface area contributed by atoms with Crippen molar-refractivity contribution in [2.24, 2.45) is 0 Å². The molecule has 0 unspecified atom stereocenters. The van der Waals surface area contributed by atoms with E-state index in [2.05, 4.69) is 10.6 Å². The minimum absolute atomic E-state index is 0.0292. The highest BCUT2D eigenvalue weighted by Gasteiger charge is 2.15. The van der Waals surface area contributed by atoms with Gasteiger partial charge in [0.25, 0.3) is 0 Å². The lowest BCUT2D eigenvalue weighted by Gasteiger charge is -2.18. The third-order valence-electron chi connectivity index (χ3n) is 2.24. The van der Waals surface area contributed by atoms with Crippen molar-refractivity contribution in [2.45, 2.75) is 6.54 Å². The average Bonchev–Trinajstić information content (AvgIpc) is 2.27. The third-order valence-corrected chi connectivity index (χ3v) is 2.48. The molecule has 0 atom stereocenters. The summed E-state index contributed by atoms with van der Waals surface area (Å²) in [6.07, 6.45) is 0. The number of fused-ring (bicyclic) bond motifs is 1. The molecule has 0 aromatic heterocycles. The predicted octanol–water partition coefficient (Wildman–Crippen LogP) is 1.74. The minimum Gasteiger partial charge on any atom is -0.334 e. The number of rotatable bonds is 2. The van der Waals surface area contributed by atoms with Gasteiger partial charge in [-0.3, -0.25) is 4.79 Å². The Hall–Kier alpha value is -1.55. The summed E-state index contributed by atoms with van der Waals surface area (Å²) < 4.78 is 0. The van der Waals surface area contributed by atoms with Gasteiger partial charge in [-0.2, -0.15) is 0 Å². The number of nitrogens with one attached hydrogen (secondary N) is 2. The fourth-order valence-electron chi connectivity index (χ4n) is 1.45. The number of hydrogen-bond donors (Lipinski definition) is 2. The molecule has 0 saturated heterocycles. The Labute approximate surface area is 91.6 Å². The molecule has 5 heteroatoms. The van der Waals surface area contributed by atoms with Crippen LogP contribution in [0.1, 0.15) is 15.9 Å². The first-order chi connectivity index (χ1) is 7.20. The number of hydrogen-bond acceptors (Lipinski definition) is 2. The van der Waals surface area contributed by atoms with Gasteiger partial charge in [0, 0.05) is 17.8 Å². The molecule has 0 aliphatic carbocycles. The van der Waals surface area contributed by atoms with Gasteiger partial charge in [-0.15, -0.1) is 11.6 Å². The second-order valence-corrected chi connectivity index (χ2v) is 3.50. The van der Waals surface area contributed by atoms with E-state index in [0.29, 0.717) is 12.1 Å². The van der Waals surface area contributed by atoms with Crippen LogP contribution in [-0.4, -0.2) is 17.7 Å². The van der Waals surface area contributed by atoms with E-state index in [1.807, 2.05) is 0 Å². The SMILES string of the molecule is O=C1NCc2cc(C(=O)CCl)ccc2N1. The second-order valence-electron chi connectivity index (χ2n) is 3.24. The van der Waals surface area contributed by atoms with E-state index in [0.717, 1.165) is 11.3 Å². The molecule has 78 valence electrons. The Morgan fingerprint density at radius 2 is 2.27 bits per heavy atom. The number of carbonyl (C=O) groups is 2. The lowest BCUT2D eigenvalue weighted by atomic mass is 10.0. The van der Waals surface area contributed by atoms with Crippen LogP contribution in [-0.2, 0) is 6.54 Å². The summed E-state index contributed by atoms with van der Waals surface area (Å²) in [7, 11) is 0. The average molecular weight is 225 g/mol. The van der Waals surface area contributed by atoms with Crippen molar-refractivity contribution in [1.29, 1.82) is 0 Å². The van der Waals surface area contributed by atoms with E-state index in [4.69, 9.17) is 11.6 Å². The van der Waals surface area contributed by atoms with Crippen LogP contribution < -0.4 is 10.6 Å². The molecule has 0 spiro atoms. The number of urea groups is 1. The Balaban J connectivity index is 2.34. The first-order valence-electron chi connectivity index (χ1n) is 4.47. The molecule has 2 amide bonds. The van der Waals surface area contributed by atoms with Crippen LogP contribution in [0.25, 0.3) is 0 Å². The highest BCUT2D eigenvalue weighted by atomic mass is 35.5. The molecule has 0 bridgehead atoms. The van der Waals surface area contributed by atoms with Crippen molar-refractivity contribution >= 4 is 29.1 Å². The van der Waals surface area contributed by atoms with E-state index in [1.165, 1.54) is 0 Å². The molecule has 2 N–H and O–H groups in total. The first-order valence-corrected chi connectivity index (χ1v) is 5.01. The summed E-state index contributed by atoms with van der Waals surface area (Å²) in [6, 6.07) is 4.90. The van der Waals surface area contributed by atoms with E-state index in [1.54, 1.807) is 18.2 Å². The normalized spacial score (nSPS) is 13.8. The van der Waals surface area contributed by atoms with E-state index in [9.17, 15) is 9.59 Å². The maximum atomic E-state index is 11.3. The molecule has 0 fully saturated rings. The minimum atomic E-state index is -0.223. The van der Waals surface area contributed by atoms with Gasteiger partial charge in [-0.1, -0.05) is 0 Å². The quantitative estimate of drug-likeness (QED) is 0.594. The van der Waals surface area contributed by atoms with Gasteiger partial charge >= 0.3 is 6.03 Å². The van der Waals surface area contributed by atoms with E-state index < -0.39 is 0 Å². The Morgan fingerprint density at radius 1 is 1.47 bits per heavy atom. The Kier molecular flexibility index (Phi) is 2.60. The third kappa shape index (κ3) is 1.94. The number of carbonyl (C=O) groups excluding carboxylic acids is 2. The predicted molar refractivity (Wildman–Crippen MR) is 57.4 cm³/mol. The molecule has 1 heterocycles. The zero-order valence-electron chi connectivity index (χ0n) is 7.84. The molecular formula is C10H9ClN2O2. The number of benzene rings is 1. The van der Waals surface area contributed by atoms with Crippen LogP contribution in [0.15, 0.2) is 18.2 Å². The summed E-state index contributed by atoms with van der Waals surface area (Å²) in [5, 5.41) is 5.28. The van der Waals surface area contributed by atoms with Crippen molar-refractivity contribution < 1.29 is 9.59 Å². The van der Waals surface area contributed by atoms with Gasteiger partial charge in [0.15, 0.2) is 5.78 Å². The van der Waals surface area contributed by atoms with Crippen LogP contribution in [0, 0.1) is 0 Å². The van der Waals surface area contributed by atoms with Gasteiger partial charge in [0.2, 0.25) is 0 Å². The zero-order valence-corrected chi connectivity index (χ0v) is 8.60. The molecule has 1 aliphatic rings. The summed E-state index contributed by atoms with van der Waals surface area (Å²) >= 11 is 5.46. The number of halogens is 1. The lowest BCUT2D eigenvalue weighted by Crippen LogP contribution is -2.33. The van der Waals surface area contributed by atoms with Gasteiger partial charge < -0.3 is 10.6 Å². The first kappa shape index (κ1) is 9.98. The topological polar surface area (TPSA) is 58.2 Å². The Bertz CT molecular complexity index is 431. The van der Waals surface area contributed by atoms with Crippen molar-refractivity contribution in [3.8, 4) is 0 Å². The number of amides is 2. The fraction of sp³-hybridized carbons (Fsp3) is 0.200. The molecule has 0 saturated carbocycles. The number of ketones is 1. The molecular weight excluding hydrogens is 216 g/mol. The zero-order chi connectivity index (χ0) is 10.8. The van der Waals surface area contributed by atoms with Crippen molar-refractivity contribution in [3.63, 3.8) is 0 Å². The Morgan fingerprint density at radius 3 is 3.00 bits per heavy atom. The van der Waals surface area contributed by atoms with E-state index >= 15 is 0 Å². The van der Waals surface area contributed by atoms with Crippen molar-refractivity contribution in [3.05, 3.63) is 29.3 Å². The van der Waals surface area contributed by atoms with Gasteiger partial charge in [-0.25, -0.2) is 4.79 Å². The number of anilines is 1. The van der Waals surface area contributed by atoms with Crippen LogP contribution in [0.5, 0.6) is 0 Å². The van der Waals surface area contributed by atoms with Crippen molar-refractivity contribution in [1.82, 2.24) is 5.32 Å². The molecule has 1 aromatic carbocycles. The monoisotopic (exact) mass is 224 g/mol. The fourth-order valence-corrected chi connectivity index (χ4v) is 1.61. The second kappa shape index (κ2) is 3.90. The number of Topliss-reactive ketones (excluding diaryl/α,β-unsaturated/α-hetero) is 1. The molecule has 2 rings (SSSR count). The van der Waals surface area contributed by atoms with E-state index in [-0.39, 0.29) is 17.7 Å². The summed E-state index contributed by atoms with van der Waals surface area (Å²) in [4.78, 5) is 22.3. The van der Waals surface area contributed by atoms with Crippen LogP contribution in [0.4, 0.5) is 10.5 Å². The van der Waals surface area contributed by atoms with Gasteiger partial charge in [0.1, 0.15) is 0 Å². The van der Waals surface area contributed by atoms with Crippen LogP contribution in [0.2, 0.25) is 0 Å². The largest absolute Gasteiger partial charge is 0.334 e. The van der Waals surface area contributed by atoms with Crippen LogP contribution >= 0.6 is 11.6 Å². The smallest absolute Gasteiger partial charge is 0.319 e. The molecule has 15 heavy (non-hydrogen) atoms. The summed E-state index contributed by atoms with van der Waals surface area (Å²) in [5.74, 6) is -0.144. The van der Waals surface area contributed by atoms with Crippen molar-refractivity contribution in [2.75, 3.05) is 11.2 Å². The molecule has 1 aliphatic heterocycles. The molecule has 4 nitrogen and oxygen atoms in total.